The Morgan fingerprint density at radius 3 is 2.89 bits per heavy atom. The fourth-order valence-corrected chi connectivity index (χ4v) is 3.24. The van der Waals surface area contributed by atoms with Gasteiger partial charge in [-0.1, -0.05) is 0 Å². The average molecular weight is 370 g/mol. The summed E-state index contributed by atoms with van der Waals surface area (Å²) < 4.78 is 1.82. The highest BCUT2D eigenvalue weighted by molar-refractivity contribution is 6.02. The van der Waals surface area contributed by atoms with Crippen LogP contribution < -0.4 is 5.32 Å². The van der Waals surface area contributed by atoms with Crippen molar-refractivity contribution in [2.24, 2.45) is 0 Å². The van der Waals surface area contributed by atoms with Crippen molar-refractivity contribution in [3.05, 3.63) is 41.3 Å². The minimum absolute atomic E-state index is 0.0525. The van der Waals surface area contributed by atoms with Gasteiger partial charge in [-0.15, -0.1) is 0 Å². The van der Waals surface area contributed by atoms with E-state index in [1.807, 2.05) is 4.68 Å². The molecule has 0 saturated carbocycles. The Morgan fingerprint density at radius 1 is 1.26 bits per heavy atom. The molecule has 2 aromatic heterocycles. The molecule has 4 rings (SSSR count). The highest BCUT2D eigenvalue weighted by atomic mass is 16.4. The number of benzene rings is 1. The molecule has 3 aromatic rings. The number of carbonyl (C=O) groups is 2. The van der Waals surface area contributed by atoms with Crippen molar-refractivity contribution in [2.75, 3.05) is 11.9 Å². The van der Waals surface area contributed by atoms with Gasteiger partial charge in [-0.25, -0.2) is 9.59 Å². The van der Waals surface area contributed by atoms with E-state index in [9.17, 15) is 14.7 Å². The number of amides is 2. The number of aromatic nitrogens is 4. The highest BCUT2D eigenvalue weighted by Gasteiger charge is 2.21. The van der Waals surface area contributed by atoms with E-state index >= 15 is 0 Å². The summed E-state index contributed by atoms with van der Waals surface area (Å²) in [5, 5.41) is 32.4. The van der Waals surface area contributed by atoms with E-state index in [0.29, 0.717) is 41.9 Å². The molecule has 140 valence electrons. The van der Waals surface area contributed by atoms with Crippen molar-refractivity contribution >= 4 is 28.6 Å². The Morgan fingerprint density at radius 2 is 2.11 bits per heavy atom. The first-order chi connectivity index (χ1) is 13.0. The van der Waals surface area contributed by atoms with E-state index in [-0.39, 0.29) is 18.3 Å². The first-order valence-electron chi connectivity index (χ1n) is 8.49. The molecule has 4 N–H and O–H groups in total. The number of nitrogens with one attached hydrogen (secondary N) is 2. The fraction of sp³-hybridized carbons (Fsp3) is 0.294. The van der Waals surface area contributed by atoms with E-state index in [4.69, 9.17) is 5.11 Å². The second-order valence-electron chi connectivity index (χ2n) is 6.35. The molecule has 1 aliphatic rings. The monoisotopic (exact) mass is 370 g/mol. The van der Waals surface area contributed by atoms with Crippen LogP contribution in [0.4, 0.5) is 10.5 Å². The molecule has 0 unspecified atom stereocenters. The number of aromatic carboxylic acids is 1. The molecular formula is C17H18N6O4. The van der Waals surface area contributed by atoms with E-state index in [1.165, 1.54) is 0 Å². The van der Waals surface area contributed by atoms with Gasteiger partial charge in [0.25, 0.3) is 0 Å². The van der Waals surface area contributed by atoms with Gasteiger partial charge in [-0.2, -0.15) is 10.2 Å². The molecule has 0 radical (unpaired) electrons. The number of hydrogen-bond acceptors (Lipinski definition) is 5. The quantitative estimate of drug-likeness (QED) is 0.550. The topological polar surface area (TPSA) is 136 Å². The molecular weight excluding hydrogens is 352 g/mol. The zero-order valence-electron chi connectivity index (χ0n) is 14.3. The molecule has 0 aliphatic carbocycles. The largest absolute Gasteiger partial charge is 0.476 e. The van der Waals surface area contributed by atoms with Crippen molar-refractivity contribution < 1.29 is 19.8 Å². The van der Waals surface area contributed by atoms with E-state index in [2.05, 4.69) is 20.6 Å². The minimum Gasteiger partial charge on any atom is -0.476 e. The van der Waals surface area contributed by atoms with Crippen molar-refractivity contribution in [3.63, 3.8) is 0 Å². The summed E-state index contributed by atoms with van der Waals surface area (Å²) in [6.45, 7) is 1.54. The number of urea groups is 1. The molecule has 0 spiro atoms. The van der Waals surface area contributed by atoms with Crippen LogP contribution in [0.15, 0.2) is 24.3 Å². The number of carboxylic acids is 1. The lowest BCUT2D eigenvalue weighted by Gasteiger charge is -2.20. The third-order valence-electron chi connectivity index (χ3n) is 4.53. The van der Waals surface area contributed by atoms with Gasteiger partial charge in [0.05, 0.1) is 30.1 Å². The fourth-order valence-electron chi connectivity index (χ4n) is 3.24. The van der Waals surface area contributed by atoms with Crippen molar-refractivity contribution in [3.8, 4) is 0 Å². The van der Waals surface area contributed by atoms with E-state index in [1.54, 1.807) is 29.2 Å². The van der Waals surface area contributed by atoms with E-state index in [0.717, 1.165) is 12.1 Å². The summed E-state index contributed by atoms with van der Waals surface area (Å²) in [7, 11) is 0. The highest BCUT2D eigenvalue weighted by Crippen LogP contribution is 2.21. The van der Waals surface area contributed by atoms with Gasteiger partial charge in [-0.3, -0.25) is 9.78 Å². The van der Waals surface area contributed by atoms with Crippen molar-refractivity contribution in [1.82, 2.24) is 24.9 Å². The Labute approximate surface area is 153 Å². The molecule has 0 saturated heterocycles. The number of H-pyrrole nitrogens is 1. The molecule has 0 atom stereocenters. The Hall–Kier alpha value is -3.40. The van der Waals surface area contributed by atoms with E-state index < -0.39 is 5.97 Å². The summed E-state index contributed by atoms with van der Waals surface area (Å²) in [5.41, 5.74) is 2.49. The smallest absolute Gasteiger partial charge is 0.357 e. The van der Waals surface area contributed by atoms with Crippen molar-refractivity contribution in [1.29, 1.82) is 0 Å². The third-order valence-corrected chi connectivity index (χ3v) is 4.53. The maximum atomic E-state index is 12.7. The predicted octanol–water partition coefficient (Wildman–Crippen LogP) is 1.39. The lowest BCUT2D eigenvalue weighted by molar-refractivity contribution is 0.0692. The number of aromatic amines is 1. The lowest BCUT2D eigenvalue weighted by atomic mass is 10.2. The van der Waals surface area contributed by atoms with Crippen LogP contribution in [0, 0.1) is 0 Å². The molecule has 10 nitrogen and oxygen atoms in total. The van der Waals surface area contributed by atoms with Crippen LogP contribution in [0.5, 0.6) is 0 Å². The summed E-state index contributed by atoms with van der Waals surface area (Å²) in [5.74, 6) is -1.11. The second kappa shape index (κ2) is 6.72. The number of aliphatic hydroxyl groups is 1. The molecule has 3 heterocycles. The molecule has 2 amide bonds. The number of aryl methyl sites for hydroxylation is 1. The first kappa shape index (κ1) is 17.0. The van der Waals surface area contributed by atoms with Crippen LogP contribution in [0.1, 0.15) is 28.3 Å². The minimum atomic E-state index is -1.11. The summed E-state index contributed by atoms with van der Waals surface area (Å²) >= 11 is 0. The Bertz CT molecular complexity index is 1020. The lowest BCUT2D eigenvalue weighted by Crippen LogP contribution is -2.34. The number of rotatable bonds is 3. The van der Waals surface area contributed by atoms with Gasteiger partial charge in [-0.05, 0) is 30.7 Å². The molecule has 1 aromatic carbocycles. The van der Waals surface area contributed by atoms with Crippen LogP contribution in [0.2, 0.25) is 0 Å². The second-order valence-corrected chi connectivity index (χ2v) is 6.35. The maximum Gasteiger partial charge on any atom is 0.357 e. The number of hydrogen-bond donors (Lipinski definition) is 4. The average Bonchev–Trinajstić information content (AvgIpc) is 3.19. The van der Waals surface area contributed by atoms with Crippen LogP contribution in [-0.2, 0) is 19.7 Å². The SMILES string of the molecule is O=C(O)c1n[nH]c2cc(NC(=O)N3CCCn4nc(CO)cc4C3)ccc12. The van der Waals surface area contributed by atoms with Crippen LogP contribution in [-0.4, -0.2) is 53.6 Å². The van der Waals surface area contributed by atoms with Gasteiger partial charge >= 0.3 is 12.0 Å². The third kappa shape index (κ3) is 3.22. The Balaban J connectivity index is 1.51. The first-order valence-corrected chi connectivity index (χ1v) is 8.49. The number of carboxylic acid groups (broad SMARTS) is 1. The summed E-state index contributed by atoms with van der Waals surface area (Å²) in [6.07, 6.45) is 0.758. The van der Waals surface area contributed by atoms with Gasteiger partial charge < -0.3 is 20.4 Å². The number of aliphatic hydroxyl groups excluding tert-OH is 1. The summed E-state index contributed by atoms with van der Waals surface area (Å²) in [6, 6.07) is 6.46. The molecule has 1 aliphatic heterocycles. The molecule has 27 heavy (non-hydrogen) atoms. The van der Waals surface area contributed by atoms with Gasteiger partial charge in [0.2, 0.25) is 0 Å². The normalized spacial score (nSPS) is 14.0. The molecule has 0 fully saturated rings. The van der Waals surface area contributed by atoms with Crippen molar-refractivity contribution in [2.45, 2.75) is 26.1 Å². The molecule has 0 bridgehead atoms. The van der Waals surface area contributed by atoms with Gasteiger partial charge in [0, 0.05) is 24.2 Å². The molecule has 10 heteroatoms. The summed E-state index contributed by atoms with van der Waals surface area (Å²) in [4.78, 5) is 25.5. The number of anilines is 1. The van der Waals surface area contributed by atoms with Crippen LogP contribution >= 0.6 is 0 Å². The zero-order chi connectivity index (χ0) is 19.0. The van der Waals surface area contributed by atoms with Gasteiger partial charge in [0.15, 0.2) is 5.69 Å². The maximum absolute atomic E-state index is 12.7. The predicted molar refractivity (Wildman–Crippen MR) is 95.2 cm³/mol. The Kier molecular flexibility index (Phi) is 4.24. The number of nitrogens with zero attached hydrogens (tertiary/aromatic N) is 4. The van der Waals surface area contributed by atoms with Crippen LogP contribution in [0.3, 0.4) is 0 Å². The number of fused-ring (bicyclic) bond motifs is 2. The standard InChI is InChI=1S/C17H18N6O4/c24-9-11-6-12-8-22(4-1-5-23(12)21-11)17(27)18-10-2-3-13-14(7-10)19-20-15(13)16(25)26/h2-3,6-7,24H,1,4-5,8-9H2,(H,18,27)(H,19,20)(H,25,26). The number of carbonyl (C=O) groups excluding carboxylic acids is 1. The van der Waals surface area contributed by atoms with Gasteiger partial charge in [0.1, 0.15) is 0 Å². The zero-order valence-corrected chi connectivity index (χ0v) is 14.3. The van der Waals surface area contributed by atoms with Crippen LogP contribution in [0.25, 0.3) is 10.9 Å².